The Balaban J connectivity index is 1.84. The molecule has 2 aromatic carbocycles. The molecule has 3 atom stereocenters. The van der Waals surface area contributed by atoms with Crippen molar-refractivity contribution in [3.05, 3.63) is 75.8 Å². The molecule has 0 aliphatic carbocycles. The normalized spacial score (nSPS) is 17.5. The fourth-order valence-electron chi connectivity index (χ4n) is 4.32. The lowest BCUT2D eigenvalue weighted by Crippen LogP contribution is -2.54. The van der Waals surface area contributed by atoms with Crippen LogP contribution in [0.4, 0.5) is 5.69 Å². The van der Waals surface area contributed by atoms with Gasteiger partial charge >= 0.3 is 0 Å². The van der Waals surface area contributed by atoms with Crippen molar-refractivity contribution in [2.45, 2.75) is 51.7 Å². The van der Waals surface area contributed by atoms with Crippen molar-refractivity contribution in [2.75, 3.05) is 13.1 Å². The van der Waals surface area contributed by atoms with Crippen LogP contribution in [0.3, 0.4) is 0 Å². The van der Waals surface area contributed by atoms with Gasteiger partial charge in [-0.1, -0.05) is 62.7 Å². The van der Waals surface area contributed by atoms with Gasteiger partial charge in [0.1, 0.15) is 0 Å². The van der Waals surface area contributed by atoms with Gasteiger partial charge in [0.2, 0.25) is 11.8 Å². The van der Waals surface area contributed by atoms with Gasteiger partial charge in [-0.05, 0) is 36.9 Å². The van der Waals surface area contributed by atoms with Crippen LogP contribution in [0.2, 0.25) is 0 Å². The molecule has 1 fully saturated rings. The summed E-state index contributed by atoms with van der Waals surface area (Å²) >= 11 is 0. The summed E-state index contributed by atoms with van der Waals surface area (Å²) in [6.45, 7) is 4.24. The quantitative estimate of drug-likeness (QED) is 0.314. The zero-order valence-corrected chi connectivity index (χ0v) is 20.1. The molecule has 0 aromatic heterocycles. The summed E-state index contributed by atoms with van der Waals surface area (Å²) in [5.41, 5.74) is 6.76. The molecule has 1 saturated heterocycles. The van der Waals surface area contributed by atoms with Crippen molar-refractivity contribution in [3.8, 4) is 0 Å². The molecule has 2 amide bonds. The fourth-order valence-corrected chi connectivity index (χ4v) is 4.32. The Hall–Kier alpha value is -3.43. The van der Waals surface area contributed by atoms with Crippen LogP contribution in [0.5, 0.6) is 0 Å². The predicted octanol–water partition coefficient (Wildman–Crippen LogP) is 3.17. The first-order valence-corrected chi connectivity index (χ1v) is 11.9. The standard InChI is InChI=1S/C26H32N4O5/c1-3-18(2)24(27)26(33)29(16-19-10-5-4-6-11-19)25(32)22-14-9-15-28(22)17-23(31)20-12-7-8-13-21(20)30(34)35/h4-8,10-13,18,22,24H,3,9,14-17,27H2,1-2H3/t18-,22-,24-/m0/s1. The van der Waals surface area contributed by atoms with Crippen molar-refractivity contribution < 1.29 is 19.3 Å². The molecule has 0 spiro atoms. The van der Waals surface area contributed by atoms with Crippen molar-refractivity contribution in [2.24, 2.45) is 11.7 Å². The first-order chi connectivity index (χ1) is 16.7. The van der Waals surface area contributed by atoms with E-state index in [0.29, 0.717) is 25.8 Å². The second-order valence-corrected chi connectivity index (χ2v) is 8.99. The molecule has 1 aliphatic rings. The number of imide groups is 1. The SMILES string of the molecule is CC[C@H](C)[C@H](N)C(=O)N(Cc1ccccc1)C(=O)[C@@H]1CCCN1CC(=O)c1ccccc1[N+](=O)[O-]. The zero-order chi connectivity index (χ0) is 25.5. The largest absolute Gasteiger partial charge is 0.320 e. The summed E-state index contributed by atoms with van der Waals surface area (Å²) in [4.78, 5) is 53.7. The highest BCUT2D eigenvalue weighted by molar-refractivity contribution is 6.03. The van der Waals surface area contributed by atoms with Gasteiger partial charge in [0, 0.05) is 6.07 Å². The molecule has 2 aromatic rings. The van der Waals surface area contributed by atoms with Crippen LogP contribution in [0.15, 0.2) is 54.6 Å². The Kier molecular flexibility index (Phi) is 8.84. The molecule has 0 saturated carbocycles. The highest BCUT2D eigenvalue weighted by atomic mass is 16.6. The van der Waals surface area contributed by atoms with Gasteiger partial charge in [0.25, 0.3) is 5.69 Å². The van der Waals surface area contributed by atoms with Gasteiger partial charge < -0.3 is 5.73 Å². The minimum atomic E-state index is -0.823. The molecule has 0 bridgehead atoms. The lowest BCUT2D eigenvalue weighted by molar-refractivity contribution is -0.385. The molecule has 0 radical (unpaired) electrons. The van der Waals surface area contributed by atoms with E-state index < -0.39 is 34.6 Å². The number of likely N-dealkylation sites (tertiary alicyclic amines) is 1. The Bertz CT molecular complexity index is 1070. The zero-order valence-electron chi connectivity index (χ0n) is 20.1. The summed E-state index contributed by atoms with van der Waals surface area (Å²) in [6.07, 6.45) is 1.85. The van der Waals surface area contributed by atoms with Gasteiger partial charge in [-0.3, -0.25) is 34.3 Å². The maximum atomic E-state index is 13.7. The van der Waals surface area contributed by atoms with Crippen LogP contribution >= 0.6 is 0 Å². The molecule has 3 rings (SSSR count). The van der Waals surface area contributed by atoms with Crippen LogP contribution in [0.1, 0.15) is 49.0 Å². The van der Waals surface area contributed by atoms with Crippen molar-refractivity contribution in [1.29, 1.82) is 0 Å². The molecule has 1 aliphatic heterocycles. The third-order valence-corrected chi connectivity index (χ3v) is 6.65. The summed E-state index contributed by atoms with van der Waals surface area (Å²) in [5.74, 6) is -1.38. The van der Waals surface area contributed by atoms with Crippen molar-refractivity contribution in [1.82, 2.24) is 9.80 Å². The topological polar surface area (TPSA) is 127 Å². The van der Waals surface area contributed by atoms with Gasteiger partial charge in [0.15, 0.2) is 5.78 Å². The van der Waals surface area contributed by atoms with E-state index in [1.165, 1.54) is 23.1 Å². The second-order valence-electron chi connectivity index (χ2n) is 8.99. The number of carbonyl (C=O) groups excluding carboxylic acids is 3. The molecule has 9 heteroatoms. The minimum Gasteiger partial charge on any atom is -0.320 e. The first-order valence-electron chi connectivity index (χ1n) is 11.9. The summed E-state index contributed by atoms with van der Waals surface area (Å²) in [7, 11) is 0. The van der Waals surface area contributed by atoms with E-state index in [1.54, 1.807) is 11.0 Å². The number of nitrogens with two attached hydrogens (primary N) is 1. The molecule has 2 N–H and O–H groups in total. The Morgan fingerprint density at radius 1 is 1.14 bits per heavy atom. The number of nitro groups is 1. The maximum Gasteiger partial charge on any atom is 0.280 e. The lowest BCUT2D eigenvalue weighted by Gasteiger charge is -2.31. The molecule has 0 unspecified atom stereocenters. The minimum absolute atomic E-state index is 0.00612. The highest BCUT2D eigenvalue weighted by Gasteiger charge is 2.39. The Morgan fingerprint density at radius 3 is 2.46 bits per heavy atom. The van der Waals surface area contributed by atoms with E-state index in [4.69, 9.17) is 5.73 Å². The van der Waals surface area contributed by atoms with Gasteiger partial charge in [-0.15, -0.1) is 0 Å². The van der Waals surface area contributed by atoms with Crippen LogP contribution in [0.25, 0.3) is 0 Å². The molecular weight excluding hydrogens is 448 g/mol. The summed E-state index contributed by atoms with van der Waals surface area (Å²) in [6, 6.07) is 13.5. The van der Waals surface area contributed by atoms with E-state index in [1.807, 2.05) is 44.2 Å². The third-order valence-electron chi connectivity index (χ3n) is 6.65. The summed E-state index contributed by atoms with van der Waals surface area (Å²) < 4.78 is 0. The fraction of sp³-hybridized carbons (Fsp3) is 0.423. The van der Waals surface area contributed by atoms with Crippen LogP contribution in [-0.2, 0) is 16.1 Å². The molecule has 1 heterocycles. The number of rotatable bonds is 10. The molecular formula is C26H32N4O5. The number of nitro benzene ring substituents is 1. The van der Waals surface area contributed by atoms with E-state index >= 15 is 0 Å². The van der Waals surface area contributed by atoms with E-state index in [9.17, 15) is 24.5 Å². The number of ketones is 1. The number of carbonyl (C=O) groups is 3. The van der Waals surface area contributed by atoms with E-state index in [2.05, 4.69) is 0 Å². The van der Waals surface area contributed by atoms with Crippen LogP contribution < -0.4 is 5.73 Å². The Labute approximate surface area is 205 Å². The van der Waals surface area contributed by atoms with Crippen LogP contribution in [-0.4, -0.2) is 57.5 Å². The number of para-hydroxylation sites is 1. The molecule has 35 heavy (non-hydrogen) atoms. The average Bonchev–Trinajstić information content (AvgIpc) is 3.34. The van der Waals surface area contributed by atoms with E-state index in [-0.39, 0.29) is 30.3 Å². The molecule has 186 valence electrons. The van der Waals surface area contributed by atoms with Crippen LogP contribution in [0, 0.1) is 16.0 Å². The second kappa shape index (κ2) is 11.8. The lowest BCUT2D eigenvalue weighted by atomic mass is 9.98. The maximum absolute atomic E-state index is 13.7. The van der Waals surface area contributed by atoms with Crippen molar-refractivity contribution in [3.63, 3.8) is 0 Å². The van der Waals surface area contributed by atoms with Gasteiger partial charge in [-0.2, -0.15) is 0 Å². The number of nitrogens with zero attached hydrogens (tertiary/aromatic N) is 3. The smallest absolute Gasteiger partial charge is 0.280 e. The summed E-state index contributed by atoms with van der Waals surface area (Å²) in [5, 5.41) is 11.3. The van der Waals surface area contributed by atoms with Crippen molar-refractivity contribution >= 4 is 23.3 Å². The third kappa shape index (κ3) is 6.17. The Morgan fingerprint density at radius 2 is 1.80 bits per heavy atom. The van der Waals surface area contributed by atoms with Gasteiger partial charge in [-0.25, -0.2) is 0 Å². The average molecular weight is 481 g/mol. The number of hydrogen-bond donors (Lipinski definition) is 1. The highest BCUT2D eigenvalue weighted by Crippen LogP contribution is 2.24. The first kappa shape index (κ1) is 26.2. The van der Waals surface area contributed by atoms with Gasteiger partial charge in [0.05, 0.1) is 35.7 Å². The number of amides is 2. The monoisotopic (exact) mass is 480 g/mol. The predicted molar refractivity (Wildman–Crippen MR) is 131 cm³/mol. The van der Waals surface area contributed by atoms with E-state index in [0.717, 1.165) is 5.56 Å². The molecule has 9 nitrogen and oxygen atoms in total. The number of benzene rings is 2. The number of hydrogen-bond acceptors (Lipinski definition) is 7. The number of Topliss-reactive ketones (excluding diaryl/α,β-unsaturated/α-hetero) is 1.